The quantitative estimate of drug-likeness (QED) is 0.276. The van der Waals surface area contributed by atoms with E-state index in [1.165, 1.54) is 5.48 Å². The number of methoxy groups -OCH3 is 1. The van der Waals surface area contributed by atoms with E-state index in [1.54, 1.807) is 7.11 Å². The van der Waals surface area contributed by atoms with E-state index in [2.05, 4.69) is 5.32 Å². The van der Waals surface area contributed by atoms with Crippen LogP contribution in [0.15, 0.2) is 48.5 Å². The first-order valence-electron chi connectivity index (χ1n) is 9.20. The predicted molar refractivity (Wildman–Crippen MR) is 105 cm³/mol. The molecule has 2 aromatic carbocycles. The molecule has 2 rings (SSSR count). The van der Waals surface area contributed by atoms with E-state index in [9.17, 15) is 18.7 Å². The van der Waals surface area contributed by atoms with Gasteiger partial charge in [0.15, 0.2) is 0 Å². The minimum atomic E-state index is -3.15. The van der Waals surface area contributed by atoms with Crippen molar-refractivity contribution in [1.29, 1.82) is 0 Å². The van der Waals surface area contributed by atoms with Gasteiger partial charge in [-0.1, -0.05) is 36.4 Å². The van der Waals surface area contributed by atoms with Gasteiger partial charge in [0.1, 0.15) is 17.4 Å². The van der Waals surface area contributed by atoms with Crippen molar-refractivity contribution in [2.45, 2.75) is 37.8 Å². The normalized spacial score (nSPS) is 14.3. The summed E-state index contributed by atoms with van der Waals surface area (Å²) in [5, 5.41) is 21.2. The smallest absolute Gasteiger partial charge is 0.268 e. The van der Waals surface area contributed by atoms with Gasteiger partial charge >= 0.3 is 0 Å². The van der Waals surface area contributed by atoms with Crippen LogP contribution < -0.4 is 15.5 Å². The highest BCUT2D eigenvalue weighted by Gasteiger charge is 2.44. The number of rotatable bonds is 10. The average molecular weight is 408 g/mol. The molecular weight excluding hydrogens is 382 g/mol. The third-order valence-electron chi connectivity index (χ3n) is 4.77. The van der Waals surface area contributed by atoms with Gasteiger partial charge in [0.25, 0.3) is 12.3 Å². The highest BCUT2D eigenvalue weighted by atomic mass is 19.3. The number of aryl methyl sites for hydroxylation is 1. The van der Waals surface area contributed by atoms with Crippen LogP contribution in [0.3, 0.4) is 0 Å². The van der Waals surface area contributed by atoms with Crippen molar-refractivity contribution in [3.8, 4) is 16.9 Å². The molecule has 0 heterocycles. The van der Waals surface area contributed by atoms with E-state index in [1.807, 2.05) is 48.5 Å². The van der Waals surface area contributed by atoms with Gasteiger partial charge in [-0.2, -0.15) is 0 Å². The van der Waals surface area contributed by atoms with Crippen molar-refractivity contribution in [2.24, 2.45) is 0 Å². The fourth-order valence-electron chi connectivity index (χ4n) is 2.94. The number of carbonyl (C=O) groups is 1. The zero-order valence-corrected chi connectivity index (χ0v) is 16.4. The van der Waals surface area contributed by atoms with Gasteiger partial charge in [0.2, 0.25) is 0 Å². The molecule has 6 nitrogen and oxygen atoms in total. The van der Waals surface area contributed by atoms with E-state index in [-0.39, 0.29) is 6.54 Å². The number of hydroxylamine groups is 1. The molecule has 0 saturated heterocycles. The second-order valence-corrected chi connectivity index (χ2v) is 6.92. The summed E-state index contributed by atoms with van der Waals surface area (Å²) in [7, 11) is 1.62. The van der Waals surface area contributed by atoms with Crippen molar-refractivity contribution in [3.05, 3.63) is 54.1 Å². The highest BCUT2D eigenvalue weighted by Crippen LogP contribution is 2.23. The summed E-state index contributed by atoms with van der Waals surface area (Å²) in [6, 6.07) is 14.0. The first-order chi connectivity index (χ1) is 13.8. The maximum atomic E-state index is 13.0. The van der Waals surface area contributed by atoms with E-state index in [0.29, 0.717) is 12.8 Å². The number of ether oxygens (including phenoxy) is 1. The lowest BCUT2D eigenvalue weighted by Gasteiger charge is -2.31. The molecule has 4 N–H and O–H groups in total. The molecule has 1 amide bonds. The molecular formula is C21H26F2N2O4. The molecule has 0 fully saturated rings. The van der Waals surface area contributed by atoms with Crippen LogP contribution in [-0.2, 0) is 11.2 Å². The standard InChI is InChI=1S/C21H26F2N2O4/c1-21(27,20(22)23)18(19(26)25-28)24-13-3-4-14-5-7-15(8-6-14)16-9-11-17(29-2)12-10-16/h5-12,18,20,24,27-28H,3-4,13H2,1-2H3,(H,25,26)/t18-,21+/m1/s1. The Morgan fingerprint density at radius 1 is 1.10 bits per heavy atom. The van der Waals surface area contributed by atoms with E-state index in [4.69, 9.17) is 9.94 Å². The van der Waals surface area contributed by atoms with Crippen LogP contribution in [0.25, 0.3) is 11.1 Å². The van der Waals surface area contributed by atoms with Gasteiger partial charge in [-0.3, -0.25) is 10.0 Å². The number of carbonyl (C=O) groups excluding carboxylic acids is 1. The minimum Gasteiger partial charge on any atom is -0.497 e. The van der Waals surface area contributed by atoms with Crippen LogP contribution in [-0.4, -0.2) is 47.9 Å². The summed E-state index contributed by atoms with van der Waals surface area (Å²) in [6.07, 6.45) is -1.95. The summed E-state index contributed by atoms with van der Waals surface area (Å²) in [4.78, 5) is 11.6. The molecule has 0 aliphatic rings. The maximum Gasteiger partial charge on any atom is 0.268 e. The fourth-order valence-corrected chi connectivity index (χ4v) is 2.94. The molecule has 0 saturated carbocycles. The lowest BCUT2D eigenvalue weighted by atomic mass is 9.96. The molecule has 0 aliphatic heterocycles. The average Bonchev–Trinajstić information content (AvgIpc) is 2.73. The summed E-state index contributed by atoms with van der Waals surface area (Å²) in [5.74, 6) is -0.323. The van der Waals surface area contributed by atoms with E-state index in [0.717, 1.165) is 29.4 Å². The summed E-state index contributed by atoms with van der Waals surface area (Å²) >= 11 is 0. The minimum absolute atomic E-state index is 0.210. The molecule has 158 valence electrons. The number of nitrogens with one attached hydrogen (secondary N) is 2. The van der Waals surface area contributed by atoms with Crippen LogP contribution in [0.4, 0.5) is 8.78 Å². The van der Waals surface area contributed by atoms with Crippen LogP contribution in [0.2, 0.25) is 0 Å². The number of halogens is 2. The lowest BCUT2D eigenvalue weighted by Crippen LogP contribution is -2.60. The van der Waals surface area contributed by atoms with E-state index < -0.39 is 24.0 Å². The molecule has 29 heavy (non-hydrogen) atoms. The Kier molecular flexibility index (Phi) is 8.07. The number of amides is 1. The molecule has 2 aromatic rings. The molecule has 0 unspecified atom stereocenters. The molecule has 0 spiro atoms. The second kappa shape index (κ2) is 10.3. The zero-order chi connectivity index (χ0) is 21.4. The Hall–Kier alpha value is -2.55. The molecule has 0 radical (unpaired) electrons. The first kappa shape index (κ1) is 22.7. The van der Waals surface area contributed by atoms with Gasteiger partial charge in [-0.05, 0) is 55.1 Å². The third kappa shape index (κ3) is 5.96. The van der Waals surface area contributed by atoms with Crippen LogP contribution in [0.5, 0.6) is 5.75 Å². The number of benzene rings is 2. The Balaban J connectivity index is 1.90. The second-order valence-electron chi connectivity index (χ2n) is 6.92. The summed E-state index contributed by atoms with van der Waals surface area (Å²) < 4.78 is 31.1. The topological polar surface area (TPSA) is 90.8 Å². The Morgan fingerprint density at radius 2 is 1.66 bits per heavy atom. The van der Waals surface area contributed by atoms with Crippen molar-refractivity contribution >= 4 is 5.91 Å². The molecule has 2 atom stereocenters. The van der Waals surface area contributed by atoms with Gasteiger partial charge in [-0.25, -0.2) is 14.3 Å². The van der Waals surface area contributed by atoms with E-state index >= 15 is 0 Å². The van der Waals surface area contributed by atoms with Crippen molar-refractivity contribution < 1.29 is 28.6 Å². The van der Waals surface area contributed by atoms with Gasteiger partial charge < -0.3 is 15.2 Å². The maximum absolute atomic E-state index is 13.0. The highest BCUT2D eigenvalue weighted by molar-refractivity contribution is 5.82. The van der Waals surface area contributed by atoms with Gasteiger partial charge in [-0.15, -0.1) is 0 Å². The van der Waals surface area contributed by atoms with Crippen molar-refractivity contribution in [1.82, 2.24) is 10.8 Å². The van der Waals surface area contributed by atoms with Crippen molar-refractivity contribution in [2.75, 3.05) is 13.7 Å². The lowest BCUT2D eigenvalue weighted by molar-refractivity contribution is -0.150. The molecule has 0 bridgehead atoms. The Morgan fingerprint density at radius 3 is 2.14 bits per heavy atom. The van der Waals surface area contributed by atoms with Crippen LogP contribution in [0, 0.1) is 0 Å². The van der Waals surface area contributed by atoms with Gasteiger partial charge in [0.05, 0.1) is 7.11 Å². The predicted octanol–water partition coefficient (Wildman–Crippen LogP) is 2.77. The van der Waals surface area contributed by atoms with Crippen LogP contribution >= 0.6 is 0 Å². The largest absolute Gasteiger partial charge is 0.497 e. The number of hydrogen-bond donors (Lipinski definition) is 4. The summed E-state index contributed by atoms with van der Waals surface area (Å²) in [6.45, 7) is 1.06. The van der Waals surface area contributed by atoms with Crippen LogP contribution in [0.1, 0.15) is 18.9 Å². The number of alkyl halides is 2. The monoisotopic (exact) mass is 408 g/mol. The Labute approximate surface area is 168 Å². The molecule has 8 heteroatoms. The molecule has 0 aliphatic carbocycles. The van der Waals surface area contributed by atoms with Gasteiger partial charge in [0, 0.05) is 0 Å². The number of aliphatic hydroxyl groups is 1. The molecule has 0 aromatic heterocycles. The Bertz CT molecular complexity index is 780. The summed E-state index contributed by atoms with van der Waals surface area (Å²) in [5.41, 5.74) is 1.87. The van der Waals surface area contributed by atoms with Crippen molar-refractivity contribution in [3.63, 3.8) is 0 Å². The first-order valence-corrected chi connectivity index (χ1v) is 9.20. The number of hydrogen-bond acceptors (Lipinski definition) is 5. The SMILES string of the molecule is COc1ccc(-c2ccc(CCCN[C@H](C(=O)NO)[C@](C)(O)C(F)F)cc2)cc1. The fraction of sp³-hybridized carbons (Fsp3) is 0.381. The zero-order valence-electron chi connectivity index (χ0n) is 16.4. The third-order valence-corrected chi connectivity index (χ3v) is 4.77.